The molecule has 20 heavy (non-hydrogen) atoms. The average Bonchev–Trinajstić information content (AvgIpc) is 3.08. The largest absolute Gasteiger partial charge is 0.256 e. The van der Waals surface area contributed by atoms with Gasteiger partial charge in [0.1, 0.15) is 0 Å². The molecule has 0 atom stereocenters. The van der Waals surface area contributed by atoms with Crippen molar-refractivity contribution in [3.63, 3.8) is 0 Å². The zero-order valence-corrected chi connectivity index (χ0v) is 13.6. The van der Waals surface area contributed by atoms with Crippen molar-refractivity contribution in [3.05, 3.63) is 51.1 Å². The molecule has 102 valence electrons. The van der Waals surface area contributed by atoms with Crippen LogP contribution in [0.15, 0.2) is 41.2 Å². The molecule has 0 saturated heterocycles. The molecule has 0 fully saturated rings. The van der Waals surface area contributed by atoms with Crippen molar-refractivity contribution in [3.8, 4) is 21.7 Å². The quantitative estimate of drug-likeness (QED) is 0.550. The third-order valence-electron chi connectivity index (χ3n) is 3.10. The highest BCUT2D eigenvalue weighted by molar-refractivity contribution is 7.16. The number of thiophene rings is 2. The SMILES string of the molecule is CC(C)c1sc(-c2ccnc(-c3ccsc3)c2)cc1Cl. The fourth-order valence-electron chi connectivity index (χ4n) is 2.07. The second kappa shape index (κ2) is 5.68. The van der Waals surface area contributed by atoms with Crippen LogP contribution in [0.2, 0.25) is 5.02 Å². The molecular weight excluding hydrogens is 306 g/mol. The molecule has 0 amide bonds. The Morgan fingerprint density at radius 1 is 1.15 bits per heavy atom. The predicted octanol–water partition coefficient (Wildman–Crippen LogP) is 6.32. The summed E-state index contributed by atoms with van der Waals surface area (Å²) in [5, 5.41) is 5.06. The van der Waals surface area contributed by atoms with Gasteiger partial charge >= 0.3 is 0 Å². The molecular formula is C16H14ClNS2. The van der Waals surface area contributed by atoms with Gasteiger partial charge in [0.25, 0.3) is 0 Å². The summed E-state index contributed by atoms with van der Waals surface area (Å²) in [4.78, 5) is 6.90. The number of pyridine rings is 1. The van der Waals surface area contributed by atoms with Crippen LogP contribution >= 0.6 is 34.3 Å². The van der Waals surface area contributed by atoms with Gasteiger partial charge in [0.15, 0.2) is 0 Å². The topological polar surface area (TPSA) is 12.9 Å². The molecule has 0 spiro atoms. The molecule has 3 aromatic heterocycles. The van der Waals surface area contributed by atoms with E-state index >= 15 is 0 Å². The Hall–Kier alpha value is -1.16. The van der Waals surface area contributed by atoms with E-state index in [9.17, 15) is 0 Å². The molecule has 3 aromatic rings. The van der Waals surface area contributed by atoms with Crippen molar-refractivity contribution in [2.24, 2.45) is 0 Å². The van der Waals surface area contributed by atoms with Crippen LogP contribution in [0.5, 0.6) is 0 Å². The van der Waals surface area contributed by atoms with Gasteiger partial charge in [-0.25, -0.2) is 0 Å². The van der Waals surface area contributed by atoms with Crippen LogP contribution in [0.25, 0.3) is 21.7 Å². The normalized spacial score (nSPS) is 11.2. The Labute approximate surface area is 131 Å². The van der Waals surface area contributed by atoms with Crippen molar-refractivity contribution < 1.29 is 0 Å². The van der Waals surface area contributed by atoms with E-state index in [1.54, 1.807) is 22.7 Å². The molecule has 0 aromatic carbocycles. The highest BCUT2D eigenvalue weighted by Gasteiger charge is 2.12. The van der Waals surface area contributed by atoms with Gasteiger partial charge < -0.3 is 0 Å². The summed E-state index contributed by atoms with van der Waals surface area (Å²) in [6.45, 7) is 4.34. The Balaban J connectivity index is 2.03. The smallest absolute Gasteiger partial charge is 0.0716 e. The Morgan fingerprint density at radius 2 is 2.00 bits per heavy atom. The van der Waals surface area contributed by atoms with E-state index in [0.29, 0.717) is 5.92 Å². The van der Waals surface area contributed by atoms with E-state index in [0.717, 1.165) is 10.7 Å². The van der Waals surface area contributed by atoms with E-state index in [-0.39, 0.29) is 0 Å². The van der Waals surface area contributed by atoms with E-state index in [1.165, 1.54) is 20.9 Å². The van der Waals surface area contributed by atoms with Crippen LogP contribution in [-0.2, 0) is 0 Å². The monoisotopic (exact) mass is 319 g/mol. The number of rotatable bonds is 3. The maximum absolute atomic E-state index is 6.33. The second-order valence-corrected chi connectivity index (χ2v) is 7.19. The minimum absolute atomic E-state index is 0.458. The number of nitrogens with zero attached hydrogens (tertiary/aromatic N) is 1. The molecule has 0 radical (unpaired) electrons. The minimum atomic E-state index is 0.458. The zero-order chi connectivity index (χ0) is 14.1. The third kappa shape index (κ3) is 2.66. The van der Waals surface area contributed by atoms with E-state index in [1.807, 2.05) is 12.3 Å². The van der Waals surface area contributed by atoms with E-state index < -0.39 is 0 Å². The van der Waals surface area contributed by atoms with E-state index in [2.05, 4.69) is 47.8 Å². The van der Waals surface area contributed by atoms with E-state index in [4.69, 9.17) is 11.6 Å². The molecule has 0 bridgehead atoms. The predicted molar refractivity (Wildman–Crippen MR) is 90.0 cm³/mol. The number of halogens is 1. The summed E-state index contributed by atoms with van der Waals surface area (Å²) >= 11 is 9.78. The van der Waals surface area contributed by atoms with Gasteiger partial charge in [-0.2, -0.15) is 11.3 Å². The highest BCUT2D eigenvalue weighted by Crippen LogP contribution is 2.39. The van der Waals surface area contributed by atoms with Crippen LogP contribution in [0.4, 0.5) is 0 Å². The van der Waals surface area contributed by atoms with Crippen molar-refractivity contribution >= 4 is 34.3 Å². The summed E-state index contributed by atoms with van der Waals surface area (Å²) in [6, 6.07) is 8.34. The van der Waals surface area contributed by atoms with Crippen LogP contribution in [0.3, 0.4) is 0 Å². The molecule has 0 aliphatic rings. The first kappa shape index (κ1) is 13.8. The molecule has 0 aliphatic carbocycles. The van der Waals surface area contributed by atoms with Crippen molar-refractivity contribution in [1.29, 1.82) is 0 Å². The lowest BCUT2D eigenvalue weighted by Crippen LogP contribution is -1.81. The lowest BCUT2D eigenvalue weighted by atomic mass is 10.1. The maximum Gasteiger partial charge on any atom is 0.0716 e. The third-order valence-corrected chi connectivity index (χ3v) is 5.69. The van der Waals surface area contributed by atoms with Crippen LogP contribution < -0.4 is 0 Å². The van der Waals surface area contributed by atoms with Gasteiger partial charge in [-0.3, -0.25) is 4.98 Å². The molecule has 0 aliphatic heterocycles. The van der Waals surface area contributed by atoms with Gasteiger partial charge in [-0.05, 0) is 41.1 Å². The summed E-state index contributed by atoms with van der Waals surface area (Å²) in [5.74, 6) is 0.458. The van der Waals surface area contributed by atoms with Gasteiger partial charge in [0.2, 0.25) is 0 Å². The standard InChI is InChI=1S/C16H14ClNS2/c1-10(2)16-13(17)8-15(20-16)11-3-5-18-14(7-11)12-4-6-19-9-12/h3-10H,1-2H3. The summed E-state index contributed by atoms with van der Waals surface area (Å²) in [6.07, 6.45) is 1.87. The first-order valence-electron chi connectivity index (χ1n) is 6.43. The molecule has 0 saturated carbocycles. The summed E-state index contributed by atoms with van der Waals surface area (Å²) < 4.78 is 0. The van der Waals surface area contributed by atoms with Crippen LogP contribution in [-0.4, -0.2) is 4.98 Å². The van der Waals surface area contributed by atoms with Crippen molar-refractivity contribution in [1.82, 2.24) is 4.98 Å². The molecule has 4 heteroatoms. The molecule has 1 nitrogen and oxygen atoms in total. The first-order chi connectivity index (χ1) is 9.65. The Bertz CT molecular complexity index is 714. The van der Waals surface area contributed by atoms with Crippen LogP contribution in [0.1, 0.15) is 24.6 Å². The van der Waals surface area contributed by atoms with Crippen LogP contribution in [0, 0.1) is 0 Å². The first-order valence-corrected chi connectivity index (χ1v) is 8.57. The highest BCUT2D eigenvalue weighted by atomic mass is 35.5. The van der Waals surface area contributed by atoms with Crippen molar-refractivity contribution in [2.75, 3.05) is 0 Å². The summed E-state index contributed by atoms with van der Waals surface area (Å²) in [5.41, 5.74) is 3.36. The molecule has 3 rings (SSSR count). The lowest BCUT2D eigenvalue weighted by molar-refractivity contribution is 0.890. The van der Waals surface area contributed by atoms with Gasteiger partial charge in [-0.15, -0.1) is 11.3 Å². The second-order valence-electron chi connectivity index (χ2n) is 4.92. The molecule has 3 heterocycles. The minimum Gasteiger partial charge on any atom is -0.256 e. The van der Waals surface area contributed by atoms with Gasteiger partial charge in [0.05, 0.1) is 10.7 Å². The average molecular weight is 320 g/mol. The fourth-order valence-corrected chi connectivity index (χ4v) is 4.28. The Kier molecular flexibility index (Phi) is 3.92. The maximum atomic E-state index is 6.33. The van der Waals surface area contributed by atoms with Gasteiger partial charge in [0, 0.05) is 26.9 Å². The number of hydrogen-bond acceptors (Lipinski definition) is 3. The number of aromatic nitrogens is 1. The summed E-state index contributed by atoms with van der Waals surface area (Å²) in [7, 11) is 0. The number of hydrogen-bond donors (Lipinski definition) is 0. The van der Waals surface area contributed by atoms with Crippen molar-refractivity contribution in [2.45, 2.75) is 19.8 Å². The fraction of sp³-hybridized carbons (Fsp3) is 0.188. The Morgan fingerprint density at radius 3 is 2.65 bits per heavy atom. The molecule has 0 unspecified atom stereocenters. The van der Waals surface area contributed by atoms with Gasteiger partial charge in [-0.1, -0.05) is 25.4 Å². The lowest BCUT2D eigenvalue weighted by Gasteiger charge is -2.02. The molecule has 0 N–H and O–H groups in total. The zero-order valence-electron chi connectivity index (χ0n) is 11.3.